The standard InChI is InChI=1S/C51H30N4O/c1-2-13-32(14-3-1)49-52-50(36-24-25-38-35(26-36)23-22-31-12-6-7-17-37(31)38)54-51(53-49)43-30-48-42(40-19-9-11-21-47(40)56-48)29-46(43)55-44-20-10-8-18-39(44)41-27-33-15-4-5-16-34(33)28-45(41)55/h1-30H. The van der Waals surface area contributed by atoms with Crippen LogP contribution < -0.4 is 0 Å². The number of aromatic nitrogens is 4. The van der Waals surface area contributed by atoms with Gasteiger partial charge in [-0.1, -0.05) is 140 Å². The molecule has 0 unspecified atom stereocenters. The molecule has 0 spiro atoms. The van der Waals surface area contributed by atoms with E-state index in [1.165, 1.54) is 37.7 Å². The predicted molar refractivity (Wildman–Crippen MR) is 230 cm³/mol. The molecular formula is C51H30N4O. The van der Waals surface area contributed by atoms with Crippen LogP contribution >= 0.6 is 0 Å². The smallest absolute Gasteiger partial charge is 0.166 e. The van der Waals surface area contributed by atoms with Gasteiger partial charge in [-0.15, -0.1) is 0 Å². The number of rotatable bonds is 4. The van der Waals surface area contributed by atoms with Gasteiger partial charge in [0.25, 0.3) is 0 Å². The molecule has 0 fully saturated rings. The van der Waals surface area contributed by atoms with Crippen molar-refractivity contribution in [2.45, 2.75) is 0 Å². The summed E-state index contributed by atoms with van der Waals surface area (Å²) in [6.07, 6.45) is 0. The summed E-state index contributed by atoms with van der Waals surface area (Å²) in [7, 11) is 0. The van der Waals surface area contributed by atoms with Crippen molar-refractivity contribution >= 4 is 76.1 Å². The molecule has 0 aliphatic heterocycles. The number of hydrogen-bond donors (Lipinski definition) is 0. The van der Waals surface area contributed by atoms with Gasteiger partial charge in [-0.05, 0) is 74.8 Å². The number of fused-ring (bicyclic) bond motifs is 10. The molecule has 56 heavy (non-hydrogen) atoms. The van der Waals surface area contributed by atoms with E-state index in [1.807, 2.05) is 30.3 Å². The Balaban J connectivity index is 1.18. The average Bonchev–Trinajstić information content (AvgIpc) is 3.79. The zero-order chi connectivity index (χ0) is 36.7. The highest BCUT2D eigenvalue weighted by Crippen LogP contribution is 2.42. The summed E-state index contributed by atoms with van der Waals surface area (Å²) in [5.74, 6) is 1.78. The molecule has 3 heterocycles. The third-order valence-electron chi connectivity index (χ3n) is 11.2. The summed E-state index contributed by atoms with van der Waals surface area (Å²) in [5, 5.41) is 11.6. The van der Waals surface area contributed by atoms with Crippen molar-refractivity contribution in [2.75, 3.05) is 0 Å². The van der Waals surface area contributed by atoms with Crippen LogP contribution in [0.3, 0.4) is 0 Å². The summed E-state index contributed by atoms with van der Waals surface area (Å²) < 4.78 is 8.93. The highest BCUT2D eigenvalue weighted by molar-refractivity contribution is 6.15. The summed E-state index contributed by atoms with van der Waals surface area (Å²) >= 11 is 0. The van der Waals surface area contributed by atoms with Crippen molar-refractivity contribution in [1.29, 1.82) is 0 Å². The largest absolute Gasteiger partial charge is 0.456 e. The minimum absolute atomic E-state index is 0.566. The molecule has 12 aromatic rings. The fourth-order valence-electron chi connectivity index (χ4n) is 8.53. The predicted octanol–water partition coefficient (Wildman–Crippen LogP) is 13.3. The lowest BCUT2D eigenvalue weighted by molar-refractivity contribution is 0.669. The van der Waals surface area contributed by atoms with Crippen LogP contribution in [0.25, 0.3) is 116 Å². The van der Waals surface area contributed by atoms with Crippen molar-refractivity contribution in [3.63, 3.8) is 0 Å². The Morgan fingerprint density at radius 2 is 0.982 bits per heavy atom. The molecule has 9 aromatic carbocycles. The van der Waals surface area contributed by atoms with Gasteiger partial charge in [0, 0.05) is 38.2 Å². The lowest BCUT2D eigenvalue weighted by atomic mass is 10.00. The molecule has 0 aliphatic carbocycles. The normalized spacial score (nSPS) is 11.9. The van der Waals surface area contributed by atoms with Crippen molar-refractivity contribution in [2.24, 2.45) is 0 Å². The summed E-state index contributed by atoms with van der Waals surface area (Å²) in [5.41, 5.74) is 7.47. The Morgan fingerprint density at radius 1 is 0.339 bits per heavy atom. The van der Waals surface area contributed by atoms with E-state index < -0.39 is 0 Å². The van der Waals surface area contributed by atoms with E-state index in [0.29, 0.717) is 17.5 Å². The quantitative estimate of drug-likeness (QED) is 0.170. The molecule has 0 amide bonds. The first-order valence-corrected chi connectivity index (χ1v) is 18.8. The Hall–Kier alpha value is -7.63. The summed E-state index contributed by atoms with van der Waals surface area (Å²) in [4.78, 5) is 15.7. The van der Waals surface area contributed by atoms with E-state index in [4.69, 9.17) is 19.4 Å². The average molecular weight is 715 g/mol. The van der Waals surface area contributed by atoms with Gasteiger partial charge >= 0.3 is 0 Å². The number of hydrogen-bond acceptors (Lipinski definition) is 4. The van der Waals surface area contributed by atoms with Crippen LogP contribution in [0.1, 0.15) is 0 Å². The first kappa shape index (κ1) is 30.8. The van der Waals surface area contributed by atoms with Crippen molar-refractivity contribution in [3.8, 4) is 39.9 Å². The number of furan rings is 1. The first-order valence-electron chi connectivity index (χ1n) is 18.8. The Bertz CT molecular complexity index is 3540. The molecule has 0 N–H and O–H groups in total. The van der Waals surface area contributed by atoms with Crippen LogP contribution in [0.2, 0.25) is 0 Å². The molecule has 5 nitrogen and oxygen atoms in total. The zero-order valence-corrected chi connectivity index (χ0v) is 30.0. The van der Waals surface area contributed by atoms with Gasteiger partial charge in [0.2, 0.25) is 0 Å². The van der Waals surface area contributed by atoms with E-state index in [-0.39, 0.29) is 0 Å². The van der Waals surface area contributed by atoms with Crippen LogP contribution in [0, 0.1) is 0 Å². The van der Waals surface area contributed by atoms with Gasteiger partial charge in [-0.3, -0.25) is 0 Å². The van der Waals surface area contributed by atoms with Gasteiger partial charge in [0.05, 0.1) is 16.7 Å². The number of para-hydroxylation sites is 2. The van der Waals surface area contributed by atoms with E-state index >= 15 is 0 Å². The lowest BCUT2D eigenvalue weighted by Crippen LogP contribution is -2.04. The summed E-state index contributed by atoms with van der Waals surface area (Å²) in [6.45, 7) is 0. The fourth-order valence-corrected chi connectivity index (χ4v) is 8.53. The molecule has 5 heteroatoms. The van der Waals surface area contributed by atoms with Crippen molar-refractivity contribution < 1.29 is 4.42 Å². The van der Waals surface area contributed by atoms with Crippen LogP contribution in [0.4, 0.5) is 0 Å². The highest BCUT2D eigenvalue weighted by atomic mass is 16.3. The molecular weight excluding hydrogens is 685 g/mol. The van der Waals surface area contributed by atoms with Crippen LogP contribution in [0.5, 0.6) is 0 Å². The molecule has 12 rings (SSSR count). The molecule has 0 atom stereocenters. The van der Waals surface area contributed by atoms with E-state index in [2.05, 4.69) is 156 Å². The number of benzene rings is 9. The van der Waals surface area contributed by atoms with Gasteiger partial charge in [-0.25, -0.2) is 15.0 Å². The Kier molecular flexibility index (Phi) is 6.56. The fraction of sp³-hybridized carbons (Fsp3) is 0. The molecule has 0 aliphatic rings. The highest BCUT2D eigenvalue weighted by Gasteiger charge is 2.22. The summed E-state index contributed by atoms with van der Waals surface area (Å²) in [6, 6.07) is 64.0. The minimum Gasteiger partial charge on any atom is -0.456 e. The van der Waals surface area contributed by atoms with Gasteiger partial charge in [-0.2, -0.15) is 0 Å². The SMILES string of the molecule is c1ccc(-c2nc(-c3ccc4c(ccc5ccccc54)c3)nc(-c3cc4oc5ccccc5c4cc3-n3c4ccccc4c4cc5ccccc5cc43)n2)cc1. The third kappa shape index (κ3) is 4.71. The van der Waals surface area contributed by atoms with Gasteiger partial charge in [0.1, 0.15) is 11.2 Å². The molecule has 260 valence electrons. The Morgan fingerprint density at radius 3 is 1.84 bits per heavy atom. The molecule has 0 bridgehead atoms. The van der Waals surface area contributed by atoms with Crippen LogP contribution in [-0.4, -0.2) is 19.5 Å². The van der Waals surface area contributed by atoms with E-state index in [0.717, 1.165) is 60.7 Å². The maximum absolute atomic E-state index is 6.55. The molecule has 0 radical (unpaired) electrons. The maximum atomic E-state index is 6.55. The third-order valence-corrected chi connectivity index (χ3v) is 11.2. The molecule has 0 saturated heterocycles. The second kappa shape index (κ2) is 11.9. The first-order chi connectivity index (χ1) is 27.7. The van der Waals surface area contributed by atoms with E-state index in [9.17, 15) is 0 Å². The van der Waals surface area contributed by atoms with Gasteiger partial charge in [0.15, 0.2) is 17.5 Å². The maximum Gasteiger partial charge on any atom is 0.166 e. The zero-order valence-electron chi connectivity index (χ0n) is 30.0. The Labute approximate surface area is 320 Å². The monoisotopic (exact) mass is 714 g/mol. The van der Waals surface area contributed by atoms with Gasteiger partial charge < -0.3 is 8.98 Å². The second-order valence-electron chi connectivity index (χ2n) is 14.4. The molecule has 3 aromatic heterocycles. The van der Waals surface area contributed by atoms with Crippen molar-refractivity contribution in [3.05, 3.63) is 182 Å². The van der Waals surface area contributed by atoms with Crippen LogP contribution in [0.15, 0.2) is 186 Å². The molecule has 0 saturated carbocycles. The van der Waals surface area contributed by atoms with Crippen molar-refractivity contribution in [1.82, 2.24) is 19.5 Å². The number of nitrogens with zero attached hydrogens (tertiary/aromatic N) is 4. The minimum atomic E-state index is 0.566. The lowest BCUT2D eigenvalue weighted by Gasteiger charge is -2.15. The topological polar surface area (TPSA) is 56.7 Å². The second-order valence-corrected chi connectivity index (χ2v) is 14.4. The van der Waals surface area contributed by atoms with Crippen LogP contribution in [-0.2, 0) is 0 Å². The van der Waals surface area contributed by atoms with E-state index in [1.54, 1.807) is 0 Å².